The molecular formula is C19H21N3O3. The Balaban J connectivity index is 2.00. The second kappa shape index (κ2) is 7.70. The van der Waals surface area contributed by atoms with Crippen LogP contribution in [0.3, 0.4) is 0 Å². The summed E-state index contributed by atoms with van der Waals surface area (Å²) in [5.74, 6) is 0.754. The van der Waals surface area contributed by atoms with E-state index in [0.29, 0.717) is 36.9 Å². The highest BCUT2D eigenvalue weighted by molar-refractivity contribution is 5.99. The van der Waals surface area contributed by atoms with Gasteiger partial charge in [0.05, 0.1) is 12.8 Å². The molecule has 1 aliphatic heterocycles. The van der Waals surface area contributed by atoms with Crippen molar-refractivity contribution in [2.75, 3.05) is 6.54 Å². The van der Waals surface area contributed by atoms with Crippen molar-refractivity contribution in [3.63, 3.8) is 0 Å². The van der Waals surface area contributed by atoms with Crippen molar-refractivity contribution < 1.29 is 13.9 Å². The average Bonchev–Trinajstić information content (AvgIpc) is 3.09. The zero-order valence-corrected chi connectivity index (χ0v) is 14.4. The molecule has 2 heterocycles. The predicted octanol–water partition coefficient (Wildman–Crippen LogP) is 3.12. The van der Waals surface area contributed by atoms with Crippen molar-refractivity contribution >= 4 is 17.9 Å². The van der Waals surface area contributed by atoms with Crippen molar-refractivity contribution in [1.29, 1.82) is 0 Å². The number of carbonyl (C=O) groups is 1. The predicted molar refractivity (Wildman–Crippen MR) is 95.3 cm³/mol. The largest absolute Gasteiger partial charge is 0.483 e. The Morgan fingerprint density at radius 1 is 1.36 bits per heavy atom. The van der Waals surface area contributed by atoms with Crippen LogP contribution in [0.5, 0.6) is 0 Å². The summed E-state index contributed by atoms with van der Waals surface area (Å²) in [5.41, 5.74) is 2.30. The lowest BCUT2D eigenvalue weighted by Crippen LogP contribution is -2.35. The first kappa shape index (κ1) is 16.8. The fourth-order valence-electron chi connectivity index (χ4n) is 2.69. The molecule has 0 bridgehead atoms. The Morgan fingerprint density at radius 3 is 2.88 bits per heavy atom. The number of amides is 1. The monoisotopic (exact) mass is 339 g/mol. The van der Waals surface area contributed by atoms with E-state index in [1.807, 2.05) is 50.2 Å². The molecule has 1 N–H and O–H groups in total. The number of hydrogen-bond acceptors (Lipinski definition) is 5. The lowest BCUT2D eigenvalue weighted by molar-refractivity contribution is -0.119. The van der Waals surface area contributed by atoms with Gasteiger partial charge in [0.25, 0.3) is 5.91 Å². The molecule has 0 aliphatic carbocycles. The molecule has 2 aromatic rings. The third-order valence-corrected chi connectivity index (χ3v) is 3.78. The van der Waals surface area contributed by atoms with Crippen LogP contribution in [0.25, 0.3) is 5.76 Å². The molecule has 0 unspecified atom stereocenters. The summed E-state index contributed by atoms with van der Waals surface area (Å²) in [6.45, 7) is 5.00. The number of furan rings is 1. The number of carbonyl (C=O) groups excluding carboxylic acids is 1. The summed E-state index contributed by atoms with van der Waals surface area (Å²) in [6.07, 6.45) is 3.25. The van der Waals surface area contributed by atoms with Gasteiger partial charge >= 0.3 is 0 Å². The summed E-state index contributed by atoms with van der Waals surface area (Å²) in [7, 11) is 0. The third kappa shape index (κ3) is 3.57. The van der Waals surface area contributed by atoms with Crippen LogP contribution in [-0.4, -0.2) is 23.7 Å². The summed E-state index contributed by atoms with van der Waals surface area (Å²) in [4.78, 5) is 12.6. The van der Waals surface area contributed by atoms with Crippen molar-refractivity contribution in [1.82, 2.24) is 10.3 Å². The minimum Gasteiger partial charge on any atom is -0.483 e. The molecule has 0 spiro atoms. The Bertz CT molecular complexity index is 793. The first-order chi connectivity index (χ1) is 12.2. The smallest absolute Gasteiger partial charge is 0.273 e. The zero-order valence-electron chi connectivity index (χ0n) is 14.4. The third-order valence-electron chi connectivity index (χ3n) is 3.78. The SMILES string of the molecule is C/C=N\N1Cc2ccoc2C(OCc2ccccc2)=C1C(=O)NCC. The molecule has 1 amide bonds. The van der Waals surface area contributed by atoms with Crippen LogP contribution < -0.4 is 5.32 Å². The van der Waals surface area contributed by atoms with Crippen LogP contribution in [0.4, 0.5) is 0 Å². The van der Waals surface area contributed by atoms with E-state index in [0.717, 1.165) is 11.1 Å². The van der Waals surface area contributed by atoms with E-state index in [-0.39, 0.29) is 5.91 Å². The van der Waals surface area contributed by atoms with Gasteiger partial charge in [0.1, 0.15) is 6.61 Å². The quantitative estimate of drug-likeness (QED) is 0.821. The van der Waals surface area contributed by atoms with Gasteiger partial charge in [-0.25, -0.2) is 0 Å². The first-order valence-electron chi connectivity index (χ1n) is 8.26. The summed E-state index contributed by atoms with van der Waals surface area (Å²) < 4.78 is 11.6. The number of benzene rings is 1. The Kier molecular flexibility index (Phi) is 5.18. The zero-order chi connectivity index (χ0) is 17.6. The number of nitrogens with zero attached hydrogens (tertiary/aromatic N) is 2. The lowest BCUT2D eigenvalue weighted by Gasteiger charge is -2.28. The molecule has 1 aliphatic rings. The molecule has 0 atom stereocenters. The van der Waals surface area contributed by atoms with E-state index in [4.69, 9.17) is 9.15 Å². The maximum atomic E-state index is 12.6. The van der Waals surface area contributed by atoms with Gasteiger partial charge in [0.2, 0.25) is 0 Å². The van der Waals surface area contributed by atoms with Crippen molar-refractivity contribution in [3.8, 4) is 0 Å². The molecule has 3 rings (SSSR count). The van der Waals surface area contributed by atoms with Crippen molar-refractivity contribution in [2.45, 2.75) is 27.0 Å². The molecule has 130 valence electrons. The van der Waals surface area contributed by atoms with Crippen LogP contribution in [0.1, 0.15) is 30.7 Å². The first-order valence-corrected chi connectivity index (χ1v) is 8.26. The van der Waals surface area contributed by atoms with Gasteiger partial charge in [-0.3, -0.25) is 9.80 Å². The van der Waals surface area contributed by atoms with Crippen LogP contribution in [0.2, 0.25) is 0 Å². The minimum absolute atomic E-state index is 0.238. The molecule has 0 fully saturated rings. The molecule has 0 saturated carbocycles. The Morgan fingerprint density at radius 2 is 2.16 bits per heavy atom. The number of ether oxygens (including phenoxy) is 1. The van der Waals surface area contributed by atoms with Crippen molar-refractivity contribution in [2.24, 2.45) is 5.10 Å². The van der Waals surface area contributed by atoms with Gasteiger partial charge in [-0.2, -0.15) is 5.10 Å². The van der Waals surface area contributed by atoms with Crippen LogP contribution in [0.15, 0.2) is 57.9 Å². The molecule has 1 aromatic heterocycles. The second-order valence-corrected chi connectivity index (χ2v) is 5.52. The van der Waals surface area contributed by atoms with Crippen molar-refractivity contribution in [3.05, 3.63) is 65.2 Å². The van der Waals surface area contributed by atoms with Crippen LogP contribution in [-0.2, 0) is 22.7 Å². The van der Waals surface area contributed by atoms with E-state index >= 15 is 0 Å². The second-order valence-electron chi connectivity index (χ2n) is 5.52. The Hall–Kier alpha value is -3.02. The fourth-order valence-corrected chi connectivity index (χ4v) is 2.69. The molecule has 0 radical (unpaired) electrons. The highest BCUT2D eigenvalue weighted by Crippen LogP contribution is 2.34. The highest BCUT2D eigenvalue weighted by atomic mass is 16.5. The number of fused-ring (bicyclic) bond motifs is 1. The van der Waals surface area contributed by atoms with E-state index in [1.54, 1.807) is 17.5 Å². The Labute approximate surface area is 146 Å². The van der Waals surface area contributed by atoms with Gasteiger partial charge in [-0.15, -0.1) is 0 Å². The minimum atomic E-state index is -0.238. The van der Waals surface area contributed by atoms with E-state index in [2.05, 4.69) is 10.4 Å². The van der Waals surface area contributed by atoms with Gasteiger partial charge in [0, 0.05) is 18.3 Å². The molecule has 1 aromatic carbocycles. The molecule has 6 nitrogen and oxygen atoms in total. The lowest BCUT2D eigenvalue weighted by atomic mass is 10.1. The number of likely N-dealkylation sites (N-methyl/N-ethyl adjacent to an activating group) is 1. The fraction of sp³-hybridized carbons (Fsp3) is 0.263. The van der Waals surface area contributed by atoms with Gasteiger partial charge in [-0.05, 0) is 25.5 Å². The standard InChI is InChI=1S/C19H21N3O3/c1-3-20-19(23)16-18(25-13-14-8-6-5-7-9-14)17-15(10-11-24-17)12-22(16)21-4-2/h4-11H,3,12-13H2,1-2H3,(H,20,23)/b21-4-. The normalized spacial score (nSPS) is 13.9. The van der Waals surface area contributed by atoms with E-state index in [9.17, 15) is 4.79 Å². The van der Waals surface area contributed by atoms with E-state index < -0.39 is 0 Å². The number of rotatable bonds is 6. The van der Waals surface area contributed by atoms with Crippen LogP contribution in [0, 0.1) is 0 Å². The van der Waals surface area contributed by atoms with E-state index in [1.165, 1.54) is 0 Å². The van der Waals surface area contributed by atoms with Gasteiger partial charge < -0.3 is 14.5 Å². The number of hydrazone groups is 1. The van der Waals surface area contributed by atoms with Gasteiger partial charge in [0.15, 0.2) is 17.2 Å². The molecule has 0 saturated heterocycles. The summed E-state index contributed by atoms with van der Waals surface area (Å²) in [5, 5.41) is 8.78. The maximum Gasteiger partial charge on any atom is 0.273 e. The summed E-state index contributed by atoms with van der Waals surface area (Å²) >= 11 is 0. The number of hydrogen-bond donors (Lipinski definition) is 1. The maximum absolute atomic E-state index is 12.6. The molecule has 6 heteroatoms. The number of nitrogens with one attached hydrogen (secondary N) is 1. The summed E-state index contributed by atoms with van der Waals surface area (Å²) in [6, 6.07) is 11.7. The average molecular weight is 339 g/mol. The van der Waals surface area contributed by atoms with Crippen LogP contribution >= 0.6 is 0 Å². The molecular weight excluding hydrogens is 318 g/mol. The molecule has 25 heavy (non-hydrogen) atoms. The van der Waals surface area contributed by atoms with Gasteiger partial charge in [-0.1, -0.05) is 30.3 Å². The highest BCUT2D eigenvalue weighted by Gasteiger charge is 2.33. The topological polar surface area (TPSA) is 67.1 Å².